The van der Waals surface area contributed by atoms with Crippen molar-refractivity contribution in [2.45, 2.75) is 25.2 Å². The maximum absolute atomic E-state index is 12.3. The molecule has 0 bridgehead atoms. The summed E-state index contributed by atoms with van der Waals surface area (Å²) in [6, 6.07) is 9.74. The maximum atomic E-state index is 12.3. The van der Waals surface area contributed by atoms with Crippen molar-refractivity contribution in [2.75, 3.05) is 19.6 Å². The van der Waals surface area contributed by atoms with Gasteiger partial charge in [-0.2, -0.15) is 4.98 Å². The molecule has 0 spiro atoms. The summed E-state index contributed by atoms with van der Waals surface area (Å²) in [5.74, 6) is 1.45. The molecule has 1 saturated heterocycles. The molecular formula is C20H22N6O2. The van der Waals surface area contributed by atoms with E-state index in [1.54, 1.807) is 18.6 Å². The lowest BCUT2D eigenvalue weighted by atomic mass is 9.97. The molecule has 28 heavy (non-hydrogen) atoms. The molecule has 2 amide bonds. The number of nitrogens with zero attached hydrogens (tertiary/aromatic N) is 5. The molecule has 3 heterocycles. The molecule has 1 N–H and O–H groups in total. The lowest BCUT2D eigenvalue weighted by molar-refractivity contribution is 0.175. The Bertz CT molecular complexity index is 891. The van der Waals surface area contributed by atoms with E-state index in [4.69, 9.17) is 4.52 Å². The fourth-order valence-electron chi connectivity index (χ4n) is 3.30. The number of likely N-dealkylation sites (tertiary alicyclic amines) is 1. The van der Waals surface area contributed by atoms with Crippen molar-refractivity contribution in [3.8, 4) is 11.4 Å². The highest BCUT2D eigenvalue weighted by Gasteiger charge is 2.27. The van der Waals surface area contributed by atoms with Crippen LogP contribution in [0.15, 0.2) is 53.4 Å². The van der Waals surface area contributed by atoms with Crippen LogP contribution in [0.1, 0.15) is 30.3 Å². The van der Waals surface area contributed by atoms with E-state index >= 15 is 0 Å². The van der Waals surface area contributed by atoms with Gasteiger partial charge in [0.2, 0.25) is 11.7 Å². The number of carbonyl (C=O) groups is 1. The van der Waals surface area contributed by atoms with E-state index < -0.39 is 0 Å². The predicted molar refractivity (Wildman–Crippen MR) is 102 cm³/mol. The second-order valence-corrected chi connectivity index (χ2v) is 6.76. The smallest absolute Gasteiger partial charge is 0.317 e. The van der Waals surface area contributed by atoms with E-state index in [9.17, 15) is 4.79 Å². The van der Waals surface area contributed by atoms with E-state index in [0.29, 0.717) is 37.8 Å². The lowest BCUT2D eigenvalue weighted by Gasteiger charge is -2.30. The van der Waals surface area contributed by atoms with Gasteiger partial charge < -0.3 is 14.7 Å². The third-order valence-corrected chi connectivity index (χ3v) is 4.88. The first-order valence-electron chi connectivity index (χ1n) is 9.46. The van der Waals surface area contributed by atoms with Crippen molar-refractivity contribution < 1.29 is 9.32 Å². The zero-order chi connectivity index (χ0) is 19.2. The fourth-order valence-corrected chi connectivity index (χ4v) is 3.30. The number of aromatic nitrogens is 4. The average molecular weight is 378 g/mol. The normalized spacial score (nSPS) is 14.8. The number of urea groups is 1. The van der Waals surface area contributed by atoms with Gasteiger partial charge in [0.15, 0.2) is 0 Å². The average Bonchev–Trinajstić information content (AvgIpc) is 3.25. The van der Waals surface area contributed by atoms with Crippen LogP contribution in [0.5, 0.6) is 0 Å². The third kappa shape index (κ3) is 4.33. The molecule has 0 radical (unpaired) electrons. The summed E-state index contributed by atoms with van der Waals surface area (Å²) in [5, 5.41) is 7.04. The molecule has 0 atom stereocenters. The zero-order valence-electron chi connectivity index (χ0n) is 15.5. The van der Waals surface area contributed by atoms with Crippen LogP contribution in [-0.2, 0) is 6.42 Å². The molecule has 0 aliphatic carbocycles. The number of carbonyl (C=O) groups excluding carboxylic acids is 1. The molecule has 144 valence electrons. The molecule has 1 aliphatic heterocycles. The van der Waals surface area contributed by atoms with E-state index in [-0.39, 0.29) is 11.9 Å². The van der Waals surface area contributed by atoms with Gasteiger partial charge in [0.1, 0.15) is 0 Å². The molecule has 8 nitrogen and oxygen atoms in total. The van der Waals surface area contributed by atoms with Crippen molar-refractivity contribution in [1.82, 2.24) is 30.3 Å². The van der Waals surface area contributed by atoms with Gasteiger partial charge in [-0.1, -0.05) is 35.5 Å². The number of piperidine rings is 1. The van der Waals surface area contributed by atoms with Gasteiger partial charge >= 0.3 is 6.03 Å². The molecule has 8 heteroatoms. The second-order valence-electron chi connectivity index (χ2n) is 6.76. The van der Waals surface area contributed by atoms with Gasteiger partial charge in [-0.3, -0.25) is 9.97 Å². The van der Waals surface area contributed by atoms with Crippen LogP contribution in [0.2, 0.25) is 0 Å². The van der Waals surface area contributed by atoms with Crippen molar-refractivity contribution >= 4 is 6.03 Å². The van der Waals surface area contributed by atoms with Crippen molar-refractivity contribution in [1.29, 1.82) is 0 Å². The van der Waals surface area contributed by atoms with Crippen LogP contribution in [0.25, 0.3) is 11.4 Å². The standard InChI is InChI=1S/C20H22N6O2/c27-20(23-9-6-17-14-21-10-11-22-17)26-12-7-16(8-13-26)19-24-18(25-28-19)15-4-2-1-3-5-15/h1-5,10-11,14,16H,6-9,12-13H2,(H,23,27). The number of benzene rings is 1. The van der Waals surface area contributed by atoms with Crippen molar-refractivity contribution in [3.63, 3.8) is 0 Å². The Balaban J connectivity index is 1.25. The number of rotatable bonds is 5. The first-order chi connectivity index (χ1) is 13.8. The Morgan fingerprint density at radius 3 is 2.75 bits per heavy atom. The molecule has 1 fully saturated rings. The Morgan fingerprint density at radius 1 is 1.18 bits per heavy atom. The highest BCUT2D eigenvalue weighted by Crippen LogP contribution is 2.28. The van der Waals surface area contributed by atoms with Gasteiger partial charge in [0.25, 0.3) is 0 Å². The Labute approximate surface area is 163 Å². The van der Waals surface area contributed by atoms with Crippen LogP contribution in [0.4, 0.5) is 4.79 Å². The maximum Gasteiger partial charge on any atom is 0.317 e. The molecule has 0 saturated carbocycles. The minimum absolute atomic E-state index is 0.0437. The number of hydrogen-bond acceptors (Lipinski definition) is 6. The molecule has 0 unspecified atom stereocenters. The first kappa shape index (κ1) is 18.1. The van der Waals surface area contributed by atoms with E-state index in [0.717, 1.165) is 24.1 Å². The second kappa shape index (κ2) is 8.60. The molecule has 1 aromatic carbocycles. The molecular weight excluding hydrogens is 356 g/mol. The molecule has 2 aromatic heterocycles. The SMILES string of the molecule is O=C(NCCc1cnccn1)N1CCC(c2nc(-c3ccccc3)no2)CC1. The van der Waals surface area contributed by atoms with Gasteiger partial charge in [0.05, 0.1) is 5.69 Å². The molecule has 3 aromatic rings. The van der Waals surface area contributed by atoms with Crippen LogP contribution in [0.3, 0.4) is 0 Å². The van der Waals surface area contributed by atoms with E-state index in [1.165, 1.54) is 0 Å². The van der Waals surface area contributed by atoms with Gasteiger partial charge in [-0.15, -0.1) is 0 Å². The summed E-state index contributed by atoms with van der Waals surface area (Å²) in [7, 11) is 0. The van der Waals surface area contributed by atoms with Gasteiger partial charge in [0, 0.05) is 56.1 Å². The minimum Gasteiger partial charge on any atom is -0.339 e. The third-order valence-electron chi connectivity index (χ3n) is 4.88. The van der Waals surface area contributed by atoms with E-state index in [2.05, 4.69) is 25.4 Å². The molecule has 1 aliphatic rings. The summed E-state index contributed by atoms with van der Waals surface area (Å²) >= 11 is 0. The van der Waals surface area contributed by atoms with Gasteiger partial charge in [-0.25, -0.2) is 4.79 Å². The van der Waals surface area contributed by atoms with Crippen LogP contribution >= 0.6 is 0 Å². The van der Waals surface area contributed by atoms with Gasteiger partial charge in [-0.05, 0) is 12.8 Å². The predicted octanol–water partition coefficient (Wildman–Crippen LogP) is 2.66. The quantitative estimate of drug-likeness (QED) is 0.733. The highest BCUT2D eigenvalue weighted by molar-refractivity contribution is 5.74. The fraction of sp³-hybridized carbons (Fsp3) is 0.350. The van der Waals surface area contributed by atoms with Crippen molar-refractivity contribution in [3.05, 3.63) is 60.5 Å². The minimum atomic E-state index is -0.0437. The lowest BCUT2D eigenvalue weighted by Crippen LogP contribution is -2.44. The number of hydrogen-bond donors (Lipinski definition) is 1. The highest BCUT2D eigenvalue weighted by atomic mass is 16.5. The van der Waals surface area contributed by atoms with Crippen LogP contribution in [0, 0.1) is 0 Å². The summed E-state index contributed by atoms with van der Waals surface area (Å²) < 4.78 is 5.48. The van der Waals surface area contributed by atoms with Crippen molar-refractivity contribution in [2.24, 2.45) is 0 Å². The summed E-state index contributed by atoms with van der Waals surface area (Å²) in [4.78, 5) is 27.0. The largest absolute Gasteiger partial charge is 0.339 e. The number of amides is 2. The molecule has 4 rings (SSSR count). The Hall–Kier alpha value is -3.29. The van der Waals surface area contributed by atoms with Crippen LogP contribution < -0.4 is 5.32 Å². The summed E-state index contributed by atoms with van der Waals surface area (Å²) in [6.07, 6.45) is 7.30. The topological polar surface area (TPSA) is 97.0 Å². The summed E-state index contributed by atoms with van der Waals surface area (Å²) in [5.41, 5.74) is 1.81. The monoisotopic (exact) mass is 378 g/mol. The Kier molecular flexibility index (Phi) is 5.56. The Morgan fingerprint density at radius 2 is 2.00 bits per heavy atom. The zero-order valence-corrected chi connectivity index (χ0v) is 15.5. The first-order valence-corrected chi connectivity index (χ1v) is 9.46. The van der Waals surface area contributed by atoms with Crippen LogP contribution in [-0.4, -0.2) is 50.7 Å². The summed E-state index contributed by atoms with van der Waals surface area (Å²) in [6.45, 7) is 1.89. The number of nitrogens with one attached hydrogen (secondary N) is 1. The van der Waals surface area contributed by atoms with E-state index in [1.807, 2.05) is 35.2 Å².